The molecule has 96 valence electrons. The lowest BCUT2D eigenvalue weighted by molar-refractivity contribution is 0.0671. The third-order valence-corrected chi connectivity index (χ3v) is 3.36. The first kappa shape index (κ1) is 14.4. The summed E-state index contributed by atoms with van der Waals surface area (Å²) < 4.78 is 5.41. The summed E-state index contributed by atoms with van der Waals surface area (Å²) in [7, 11) is 0. The van der Waals surface area contributed by atoms with Gasteiger partial charge in [-0.3, -0.25) is 4.79 Å². The minimum atomic E-state index is -0.0459. The topological polar surface area (TPSA) is 59.5 Å². The van der Waals surface area contributed by atoms with Gasteiger partial charge >= 0.3 is 0 Å². The van der Waals surface area contributed by atoms with Crippen LogP contribution in [0.15, 0.2) is 21.6 Å². The van der Waals surface area contributed by atoms with Crippen LogP contribution in [0.4, 0.5) is 0 Å². The van der Waals surface area contributed by atoms with E-state index in [1.54, 1.807) is 11.0 Å². The average molecular weight is 277 g/mol. The maximum Gasteiger partial charge on any atom is 0.289 e. The van der Waals surface area contributed by atoms with Crippen molar-refractivity contribution in [2.24, 2.45) is 5.73 Å². The third kappa shape index (κ3) is 3.40. The summed E-state index contributed by atoms with van der Waals surface area (Å²) in [6.45, 7) is 1.41. The molecule has 1 aliphatic heterocycles. The minimum Gasteiger partial charge on any atom is -0.445 e. The van der Waals surface area contributed by atoms with Gasteiger partial charge in [0.15, 0.2) is 10.9 Å². The Morgan fingerprint density at radius 1 is 1.59 bits per heavy atom. The van der Waals surface area contributed by atoms with Crippen LogP contribution in [0.2, 0.25) is 0 Å². The molecule has 2 N–H and O–H groups in total. The largest absolute Gasteiger partial charge is 0.445 e. The Morgan fingerprint density at radius 3 is 2.94 bits per heavy atom. The summed E-state index contributed by atoms with van der Waals surface area (Å²) in [6.07, 6.45) is 3.89. The number of carbonyl (C=O) groups excluding carboxylic acids is 1. The Labute approximate surface area is 111 Å². The Bertz CT molecular complexity index is 383. The summed E-state index contributed by atoms with van der Waals surface area (Å²) in [6, 6.07) is 3.66. The highest BCUT2D eigenvalue weighted by atomic mass is 35.5. The van der Waals surface area contributed by atoms with Gasteiger partial charge in [-0.15, -0.1) is 12.4 Å². The second-order valence-electron chi connectivity index (χ2n) is 3.98. The monoisotopic (exact) mass is 276 g/mol. The van der Waals surface area contributed by atoms with E-state index >= 15 is 0 Å². The zero-order chi connectivity index (χ0) is 11.5. The van der Waals surface area contributed by atoms with Crippen molar-refractivity contribution in [3.63, 3.8) is 0 Å². The van der Waals surface area contributed by atoms with Gasteiger partial charge in [0.25, 0.3) is 5.91 Å². The first-order chi connectivity index (χ1) is 7.70. The summed E-state index contributed by atoms with van der Waals surface area (Å²) in [5.41, 5.74) is 5.84. The molecule has 0 aliphatic carbocycles. The average Bonchev–Trinajstić information content (AvgIpc) is 2.76. The van der Waals surface area contributed by atoms with Gasteiger partial charge in [0.1, 0.15) is 0 Å². The molecule has 0 radical (unpaired) electrons. The van der Waals surface area contributed by atoms with E-state index in [0.717, 1.165) is 24.5 Å². The van der Waals surface area contributed by atoms with E-state index in [-0.39, 0.29) is 24.4 Å². The van der Waals surface area contributed by atoms with Gasteiger partial charge in [-0.05, 0) is 31.2 Å². The number of nitrogens with zero attached hydrogens (tertiary/aromatic N) is 1. The van der Waals surface area contributed by atoms with Crippen molar-refractivity contribution in [1.82, 2.24) is 4.90 Å². The lowest BCUT2D eigenvalue weighted by Gasteiger charge is -2.29. The number of hydrogen-bond donors (Lipinski definition) is 1. The van der Waals surface area contributed by atoms with Gasteiger partial charge in [0, 0.05) is 19.1 Å². The van der Waals surface area contributed by atoms with Crippen LogP contribution in [-0.2, 0) is 0 Å². The van der Waals surface area contributed by atoms with E-state index in [0.29, 0.717) is 12.3 Å². The second-order valence-corrected chi connectivity index (χ2v) is 4.79. The number of likely N-dealkylation sites (tertiary alicyclic amines) is 1. The van der Waals surface area contributed by atoms with Crippen LogP contribution in [-0.4, -0.2) is 36.2 Å². The van der Waals surface area contributed by atoms with Gasteiger partial charge in [-0.2, -0.15) is 0 Å². The zero-order valence-electron chi connectivity index (χ0n) is 9.72. The maximum absolute atomic E-state index is 12.0. The van der Waals surface area contributed by atoms with Gasteiger partial charge in [-0.1, -0.05) is 11.8 Å². The van der Waals surface area contributed by atoms with Gasteiger partial charge in [0.05, 0.1) is 0 Å². The van der Waals surface area contributed by atoms with Crippen LogP contribution in [0.5, 0.6) is 0 Å². The predicted octanol–water partition coefficient (Wildman–Crippen LogP) is 1.99. The Hall–Kier alpha value is -0.650. The van der Waals surface area contributed by atoms with Gasteiger partial charge in [-0.25, -0.2) is 0 Å². The van der Waals surface area contributed by atoms with Crippen molar-refractivity contribution in [3.8, 4) is 0 Å². The van der Waals surface area contributed by atoms with Crippen LogP contribution >= 0.6 is 24.2 Å². The molecule has 1 atom stereocenters. The van der Waals surface area contributed by atoms with Crippen LogP contribution in [0.3, 0.4) is 0 Å². The van der Waals surface area contributed by atoms with Crippen molar-refractivity contribution in [1.29, 1.82) is 0 Å². The minimum absolute atomic E-state index is 0. The van der Waals surface area contributed by atoms with Crippen LogP contribution in [0, 0.1) is 0 Å². The first-order valence-electron chi connectivity index (χ1n) is 5.39. The SMILES string of the molecule is CSc1ccc(C(=O)N2CCCC(N)C2)o1.Cl. The fraction of sp³-hybridized carbons (Fsp3) is 0.545. The first-order valence-corrected chi connectivity index (χ1v) is 6.62. The maximum atomic E-state index is 12.0. The predicted molar refractivity (Wildman–Crippen MR) is 70.8 cm³/mol. The molecule has 1 amide bonds. The van der Waals surface area contributed by atoms with E-state index in [9.17, 15) is 4.79 Å². The quantitative estimate of drug-likeness (QED) is 0.839. The van der Waals surface area contributed by atoms with E-state index in [4.69, 9.17) is 10.2 Å². The molecule has 6 heteroatoms. The fourth-order valence-electron chi connectivity index (χ4n) is 1.90. The van der Waals surface area contributed by atoms with Crippen molar-refractivity contribution >= 4 is 30.1 Å². The molecule has 2 rings (SSSR count). The zero-order valence-corrected chi connectivity index (χ0v) is 11.4. The number of thioether (sulfide) groups is 1. The smallest absolute Gasteiger partial charge is 0.289 e. The molecule has 0 saturated carbocycles. The fourth-order valence-corrected chi connectivity index (χ4v) is 2.27. The molecule has 1 fully saturated rings. The highest BCUT2D eigenvalue weighted by Gasteiger charge is 2.24. The van der Waals surface area contributed by atoms with E-state index in [2.05, 4.69) is 0 Å². The molecule has 1 aromatic rings. The standard InChI is InChI=1S/C11H16N2O2S.ClH/c1-16-10-5-4-9(15-10)11(14)13-6-2-3-8(12)7-13;/h4-5,8H,2-3,6-7,12H2,1H3;1H. The van der Waals surface area contributed by atoms with E-state index in [1.165, 1.54) is 11.8 Å². The number of halogens is 1. The molecular formula is C11H17ClN2O2S. The van der Waals surface area contributed by atoms with Crippen LogP contribution in [0.1, 0.15) is 23.4 Å². The molecule has 0 bridgehead atoms. The Balaban J connectivity index is 0.00000144. The number of hydrogen-bond acceptors (Lipinski definition) is 4. The molecule has 0 spiro atoms. The molecule has 1 aliphatic rings. The van der Waals surface area contributed by atoms with Gasteiger partial charge < -0.3 is 15.1 Å². The van der Waals surface area contributed by atoms with Crippen molar-refractivity contribution in [2.45, 2.75) is 24.0 Å². The Morgan fingerprint density at radius 2 is 2.35 bits per heavy atom. The Kier molecular flexibility index (Phi) is 5.36. The number of rotatable bonds is 2. The summed E-state index contributed by atoms with van der Waals surface area (Å²) in [5.74, 6) is 0.369. The molecule has 17 heavy (non-hydrogen) atoms. The highest BCUT2D eigenvalue weighted by Crippen LogP contribution is 2.20. The lowest BCUT2D eigenvalue weighted by Crippen LogP contribution is -2.45. The summed E-state index contributed by atoms with van der Waals surface area (Å²) >= 11 is 1.49. The van der Waals surface area contributed by atoms with Crippen molar-refractivity contribution in [3.05, 3.63) is 17.9 Å². The molecule has 1 aromatic heterocycles. The van der Waals surface area contributed by atoms with Crippen LogP contribution < -0.4 is 5.73 Å². The lowest BCUT2D eigenvalue weighted by atomic mass is 10.1. The number of carbonyl (C=O) groups is 1. The number of amides is 1. The summed E-state index contributed by atoms with van der Waals surface area (Å²) in [5, 5.41) is 0.768. The normalized spacial score (nSPS) is 19.9. The second kappa shape index (κ2) is 6.33. The number of piperidine rings is 1. The van der Waals surface area contributed by atoms with E-state index < -0.39 is 0 Å². The highest BCUT2D eigenvalue weighted by molar-refractivity contribution is 7.98. The van der Waals surface area contributed by atoms with Gasteiger partial charge in [0.2, 0.25) is 0 Å². The number of furan rings is 1. The third-order valence-electron chi connectivity index (χ3n) is 2.74. The molecule has 4 nitrogen and oxygen atoms in total. The molecule has 2 heterocycles. The van der Waals surface area contributed by atoms with Crippen molar-refractivity contribution < 1.29 is 9.21 Å². The molecule has 0 aromatic carbocycles. The molecule has 1 saturated heterocycles. The number of nitrogens with two attached hydrogens (primary N) is 1. The van der Waals surface area contributed by atoms with E-state index in [1.807, 2.05) is 12.3 Å². The van der Waals surface area contributed by atoms with Crippen LogP contribution in [0.25, 0.3) is 0 Å². The van der Waals surface area contributed by atoms with Crippen molar-refractivity contribution in [2.75, 3.05) is 19.3 Å². The molecular weight excluding hydrogens is 260 g/mol. The summed E-state index contributed by atoms with van der Waals surface area (Å²) in [4.78, 5) is 13.8. The molecule has 1 unspecified atom stereocenters.